The second-order valence-electron chi connectivity index (χ2n) is 2.47. The number of halogens is 3. The van der Waals surface area contributed by atoms with E-state index in [1.54, 1.807) is 6.92 Å². The SMILES string of the molecule is COc1c(C)cnc(C(F)F)c1Cl. The van der Waals surface area contributed by atoms with Gasteiger partial charge < -0.3 is 4.74 Å². The number of alkyl halides is 2. The fourth-order valence-corrected chi connectivity index (χ4v) is 1.33. The molecular formula is C8H8ClF2NO. The molecule has 0 fully saturated rings. The van der Waals surface area contributed by atoms with Crippen molar-refractivity contribution < 1.29 is 13.5 Å². The number of hydrogen-bond acceptors (Lipinski definition) is 2. The molecule has 1 rings (SSSR count). The molecule has 0 saturated heterocycles. The topological polar surface area (TPSA) is 22.1 Å². The maximum Gasteiger partial charge on any atom is 0.281 e. The lowest BCUT2D eigenvalue weighted by atomic mass is 10.2. The predicted molar refractivity (Wildman–Crippen MR) is 45.5 cm³/mol. The highest BCUT2D eigenvalue weighted by atomic mass is 35.5. The number of rotatable bonds is 2. The molecular weight excluding hydrogens is 200 g/mol. The number of pyridine rings is 1. The molecule has 0 aliphatic rings. The molecule has 0 saturated carbocycles. The highest BCUT2D eigenvalue weighted by Crippen LogP contribution is 2.34. The van der Waals surface area contributed by atoms with E-state index in [0.717, 1.165) is 0 Å². The van der Waals surface area contributed by atoms with Crippen LogP contribution in [-0.2, 0) is 0 Å². The van der Waals surface area contributed by atoms with Crippen LogP contribution in [0.3, 0.4) is 0 Å². The molecule has 0 atom stereocenters. The molecule has 0 aliphatic carbocycles. The lowest BCUT2D eigenvalue weighted by Crippen LogP contribution is -1.97. The molecule has 0 radical (unpaired) electrons. The van der Waals surface area contributed by atoms with Crippen molar-refractivity contribution in [3.05, 3.63) is 22.5 Å². The monoisotopic (exact) mass is 207 g/mol. The summed E-state index contributed by atoms with van der Waals surface area (Å²) in [4.78, 5) is 3.52. The molecule has 0 aliphatic heterocycles. The van der Waals surface area contributed by atoms with Crippen LogP contribution in [0.15, 0.2) is 6.20 Å². The van der Waals surface area contributed by atoms with Crippen molar-refractivity contribution in [2.24, 2.45) is 0 Å². The van der Waals surface area contributed by atoms with E-state index in [2.05, 4.69) is 4.98 Å². The lowest BCUT2D eigenvalue weighted by molar-refractivity contribution is 0.145. The summed E-state index contributed by atoms with van der Waals surface area (Å²) in [6.45, 7) is 1.69. The van der Waals surface area contributed by atoms with Gasteiger partial charge >= 0.3 is 0 Å². The zero-order valence-electron chi connectivity index (χ0n) is 7.14. The Labute approximate surface area is 79.5 Å². The third kappa shape index (κ3) is 1.88. The van der Waals surface area contributed by atoms with Gasteiger partial charge in [-0.05, 0) is 6.92 Å². The van der Waals surface area contributed by atoms with Crippen molar-refractivity contribution in [2.75, 3.05) is 7.11 Å². The van der Waals surface area contributed by atoms with Crippen LogP contribution in [0.1, 0.15) is 17.7 Å². The summed E-state index contributed by atoms with van der Waals surface area (Å²) >= 11 is 5.64. The first kappa shape index (κ1) is 10.2. The Morgan fingerprint density at radius 1 is 1.54 bits per heavy atom. The van der Waals surface area contributed by atoms with E-state index in [1.165, 1.54) is 13.3 Å². The Bertz CT molecular complexity index is 317. The van der Waals surface area contributed by atoms with Gasteiger partial charge in [-0.2, -0.15) is 0 Å². The number of aromatic nitrogens is 1. The molecule has 0 amide bonds. The summed E-state index contributed by atoms with van der Waals surface area (Å²) in [5.74, 6) is 0.256. The average molecular weight is 208 g/mol. The predicted octanol–water partition coefficient (Wildman–Crippen LogP) is 2.99. The van der Waals surface area contributed by atoms with E-state index >= 15 is 0 Å². The van der Waals surface area contributed by atoms with Gasteiger partial charge in [-0.15, -0.1) is 0 Å². The van der Waals surface area contributed by atoms with E-state index in [9.17, 15) is 8.78 Å². The highest BCUT2D eigenvalue weighted by molar-refractivity contribution is 6.32. The van der Waals surface area contributed by atoms with E-state index in [0.29, 0.717) is 5.56 Å². The van der Waals surface area contributed by atoms with Crippen molar-refractivity contribution in [1.82, 2.24) is 4.98 Å². The van der Waals surface area contributed by atoms with Gasteiger partial charge in [0.25, 0.3) is 6.43 Å². The fraction of sp³-hybridized carbons (Fsp3) is 0.375. The van der Waals surface area contributed by atoms with Gasteiger partial charge in [-0.1, -0.05) is 11.6 Å². The fourth-order valence-electron chi connectivity index (χ4n) is 0.974. The minimum absolute atomic E-state index is 0.113. The molecule has 0 bridgehead atoms. The van der Waals surface area contributed by atoms with E-state index < -0.39 is 12.1 Å². The van der Waals surface area contributed by atoms with E-state index in [4.69, 9.17) is 16.3 Å². The first-order valence-corrected chi connectivity index (χ1v) is 3.92. The second kappa shape index (κ2) is 3.87. The minimum atomic E-state index is -2.68. The van der Waals surface area contributed by atoms with Crippen LogP contribution in [0.4, 0.5) is 8.78 Å². The molecule has 0 aromatic carbocycles. The summed E-state index contributed by atoms with van der Waals surface area (Å²) in [7, 11) is 1.38. The smallest absolute Gasteiger partial charge is 0.281 e. The number of hydrogen-bond donors (Lipinski definition) is 0. The number of ether oxygens (including phenoxy) is 1. The average Bonchev–Trinajstić information content (AvgIpc) is 2.04. The molecule has 1 heterocycles. The van der Waals surface area contributed by atoms with Crippen molar-refractivity contribution in [3.8, 4) is 5.75 Å². The quantitative estimate of drug-likeness (QED) is 0.744. The molecule has 2 nitrogen and oxygen atoms in total. The van der Waals surface area contributed by atoms with Crippen molar-refractivity contribution in [1.29, 1.82) is 0 Å². The Hall–Kier alpha value is -0.900. The van der Waals surface area contributed by atoms with Crippen LogP contribution in [0.2, 0.25) is 5.02 Å². The first-order valence-electron chi connectivity index (χ1n) is 3.55. The van der Waals surface area contributed by atoms with Crippen LogP contribution in [-0.4, -0.2) is 12.1 Å². The van der Waals surface area contributed by atoms with Gasteiger partial charge in [0, 0.05) is 11.8 Å². The maximum atomic E-state index is 12.3. The van der Waals surface area contributed by atoms with Gasteiger partial charge in [-0.3, -0.25) is 4.98 Å². The van der Waals surface area contributed by atoms with E-state index in [1.807, 2.05) is 0 Å². The molecule has 5 heteroatoms. The second-order valence-corrected chi connectivity index (χ2v) is 2.85. The molecule has 1 aromatic rings. The van der Waals surface area contributed by atoms with Gasteiger partial charge in [0.2, 0.25) is 0 Å². The molecule has 0 N–H and O–H groups in total. The van der Waals surface area contributed by atoms with Gasteiger partial charge in [0.1, 0.15) is 16.5 Å². The van der Waals surface area contributed by atoms with Crippen LogP contribution in [0, 0.1) is 6.92 Å². The molecule has 0 unspecified atom stereocenters. The van der Waals surface area contributed by atoms with E-state index in [-0.39, 0.29) is 10.8 Å². The van der Waals surface area contributed by atoms with Gasteiger partial charge in [-0.25, -0.2) is 8.78 Å². The normalized spacial score (nSPS) is 10.6. The molecule has 1 aromatic heterocycles. The first-order chi connectivity index (χ1) is 6.07. The summed E-state index contributed by atoms with van der Waals surface area (Å²) < 4.78 is 29.4. The van der Waals surface area contributed by atoms with Crippen LogP contribution >= 0.6 is 11.6 Å². The third-order valence-corrected chi connectivity index (χ3v) is 1.96. The summed E-state index contributed by atoms with van der Waals surface area (Å²) in [6, 6.07) is 0. The Morgan fingerprint density at radius 2 is 2.15 bits per heavy atom. The van der Waals surface area contributed by atoms with Crippen molar-refractivity contribution in [3.63, 3.8) is 0 Å². The maximum absolute atomic E-state index is 12.3. The summed E-state index contributed by atoms with van der Waals surface area (Å²) in [5, 5.41) is -0.113. The lowest BCUT2D eigenvalue weighted by Gasteiger charge is -2.09. The number of aryl methyl sites for hydroxylation is 1. The van der Waals surface area contributed by atoms with Crippen molar-refractivity contribution >= 4 is 11.6 Å². The molecule has 0 spiro atoms. The van der Waals surface area contributed by atoms with Crippen LogP contribution in [0.5, 0.6) is 5.75 Å². The summed E-state index contributed by atoms with van der Waals surface area (Å²) in [5.41, 5.74) is 0.195. The highest BCUT2D eigenvalue weighted by Gasteiger charge is 2.18. The zero-order chi connectivity index (χ0) is 10.0. The Morgan fingerprint density at radius 3 is 2.62 bits per heavy atom. The van der Waals surface area contributed by atoms with Crippen LogP contribution in [0.25, 0.3) is 0 Å². The van der Waals surface area contributed by atoms with Crippen molar-refractivity contribution in [2.45, 2.75) is 13.3 Å². The number of nitrogens with zero attached hydrogens (tertiary/aromatic N) is 1. The Balaban J connectivity index is 3.27. The number of methoxy groups -OCH3 is 1. The van der Waals surface area contributed by atoms with Crippen LogP contribution < -0.4 is 4.74 Å². The minimum Gasteiger partial charge on any atom is -0.495 e. The largest absolute Gasteiger partial charge is 0.495 e. The molecule has 13 heavy (non-hydrogen) atoms. The van der Waals surface area contributed by atoms with Gasteiger partial charge in [0.05, 0.1) is 7.11 Å². The third-order valence-electron chi connectivity index (χ3n) is 1.59. The van der Waals surface area contributed by atoms with Gasteiger partial charge in [0.15, 0.2) is 0 Å². The standard InChI is InChI=1S/C8H8ClF2NO/c1-4-3-12-6(8(10)11)5(9)7(4)13-2/h3,8H,1-2H3. The Kier molecular flexibility index (Phi) is 3.03. The zero-order valence-corrected chi connectivity index (χ0v) is 7.90. The summed E-state index contributed by atoms with van der Waals surface area (Å²) in [6.07, 6.45) is -1.37. The molecule has 72 valence electrons.